The average Bonchev–Trinajstić information content (AvgIpc) is 3.24. The molecule has 1 fully saturated rings. The monoisotopic (exact) mass is 435 g/mol. The van der Waals surface area contributed by atoms with Gasteiger partial charge in [-0.25, -0.2) is 0 Å². The zero-order valence-electron chi connectivity index (χ0n) is 18.2. The molecule has 1 saturated carbocycles. The van der Waals surface area contributed by atoms with E-state index >= 15 is 0 Å². The predicted octanol–water partition coefficient (Wildman–Crippen LogP) is 5.27. The molecule has 1 aliphatic heterocycles. The van der Waals surface area contributed by atoms with Crippen molar-refractivity contribution in [3.05, 3.63) is 53.0 Å². The van der Waals surface area contributed by atoms with Crippen LogP contribution in [0.25, 0.3) is 10.2 Å². The molecule has 6 heteroatoms. The maximum atomic E-state index is 13.8. The summed E-state index contributed by atoms with van der Waals surface area (Å²) >= 11 is 1.63. The Balaban J connectivity index is 1.57. The van der Waals surface area contributed by atoms with Gasteiger partial charge in [0.05, 0.1) is 16.8 Å². The zero-order valence-corrected chi connectivity index (χ0v) is 19.0. The summed E-state index contributed by atoms with van der Waals surface area (Å²) in [5, 5.41) is 5.36. The molecule has 2 amide bonds. The summed E-state index contributed by atoms with van der Waals surface area (Å²) in [5.41, 5.74) is 2.58. The molecule has 1 aliphatic carbocycles. The Bertz CT molecular complexity index is 1120. The fourth-order valence-electron chi connectivity index (χ4n) is 5.08. The van der Waals surface area contributed by atoms with Gasteiger partial charge >= 0.3 is 0 Å². The minimum absolute atomic E-state index is 0.0592. The maximum absolute atomic E-state index is 13.8. The van der Waals surface area contributed by atoms with Gasteiger partial charge in [0.15, 0.2) is 0 Å². The SMILES string of the molecule is Cc1ccc(N2C(=O)c3cc4sccc4n3C[C@@]2(C)C(=O)NC2CCCCCC2)cc1. The number of amides is 2. The molecule has 0 saturated heterocycles. The summed E-state index contributed by atoms with van der Waals surface area (Å²) < 4.78 is 3.12. The molecule has 0 bridgehead atoms. The van der Waals surface area contributed by atoms with E-state index in [1.807, 2.05) is 60.2 Å². The molecular weight excluding hydrogens is 406 g/mol. The average molecular weight is 436 g/mol. The maximum Gasteiger partial charge on any atom is 0.275 e. The highest BCUT2D eigenvalue weighted by atomic mass is 32.1. The van der Waals surface area contributed by atoms with Crippen molar-refractivity contribution in [1.82, 2.24) is 9.88 Å². The van der Waals surface area contributed by atoms with E-state index in [0.717, 1.165) is 47.2 Å². The number of nitrogens with one attached hydrogen (secondary N) is 1. The highest BCUT2D eigenvalue weighted by molar-refractivity contribution is 7.17. The summed E-state index contributed by atoms with van der Waals surface area (Å²) in [5.74, 6) is -0.173. The Hall–Kier alpha value is -2.60. The van der Waals surface area contributed by atoms with E-state index in [4.69, 9.17) is 0 Å². The number of benzene rings is 1. The predicted molar refractivity (Wildman–Crippen MR) is 126 cm³/mol. The Morgan fingerprint density at radius 2 is 1.81 bits per heavy atom. The second kappa shape index (κ2) is 7.83. The summed E-state index contributed by atoms with van der Waals surface area (Å²) in [4.78, 5) is 29.3. The molecule has 0 spiro atoms. The number of nitrogens with zero attached hydrogens (tertiary/aromatic N) is 2. The number of rotatable bonds is 3. The van der Waals surface area contributed by atoms with Crippen LogP contribution >= 0.6 is 11.3 Å². The Morgan fingerprint density at radius 1 is 1.10 bits per heavy atom. The van der Waals surface area contributed by atoms with Crippen LogP contribution in [0.15, 0.2) is 41.8 Å². The van der Waals surface area contributed by atoms with Crippen molar-refractivity contribution in [2.75, 3.05) is 4.90 Å². The highest BCUT2D eigenvalue weighted by Gasteiger charge is 2.49. The van der Waals surface area contributed by atoms with Gasteiger partial charge in [-0.1, -0.05) is 43.4 Å². The number of hydrogen-bond donors (Lipinski definition) is 1. The molecule has 0 radical (unpaired) electrons. The van der Waals surface area contributed by atoms with Crippen LogP contribution in [0, 0.1) is 6.92 Å². The first kappa shape index (κ1) is 20.3. The van der Waals surface area contributed by atoms with Gasteiger partial charge in [-0.15, -0.1) is 11.3 Å². The van der Waals surface area contributed by atoms with Crippen molar-refractivity contribution in [1.29, 1.82) is 0 Å². The highest BCUT2D eigenvalue weighted by Crippen LogP contribution is 2.37. The number of carbonyl (C=O) groups is 2. The third-order valence-electron chi connectivity index (χ3n) is 6.88. The van der Waals surface area contributed by atoms with Crippen LogP contribution in [0.5, 0.6) is 0 Å². The second-order valence-corrected chi connectivity index (χ2v) is 10.1. The largest absolute Gasteiger partial charge is 0.351 e. The van der Waals surface area contributed by atoms with Crippen LogP contribution in [0.4, 0.5) is 5.69 Å². The first-order chi connectivity index (χ1) is 15.0. The topological polar surface area (TPSA) is 54.3 Å². The molecular formula is C25H29N3O2S. The molecule has 1 aromatic carbocycles. The van der Waals surface area contributed by atoms with Crippen LogP contribution in [0.3, 0.4) is 0 Å². The van der Waals surface area contributed by atoms with Gasteiger partial charge in [-0.2, -0.15) is 0 Å². The molecule has 5 rings (SSSR count). The standard InChI is InChI=1S/C25H29N3O2S/c1-17-9-11-19(12-10-17)28-23(29)21-15-22-20(13-14-31-22)27(21)16-25(28,2)24(30)26-18-7-5-3-4-6-8-18/h9-15,18H,3-8,16H2,1-2H3,(H,26,30)/t25-/m0/s1. The fraction of sp³-hybridized carbons (Fsp3) is 0.440. The minimum atomic E-state index is -1.00. The van der Waals surface area contributed by atoms with E-state index in [9.17, 15) is 9.59 Å². The molecule has 1 atom stereocenters. The first-order valence-electron chi connectivity index (χ1n) is 11.3. The second-order valence-electron chi connectivity index (χ2n) is 9.20. The van der Waals surface area contributed by atoms with Crippen LogP contribution in [-0.4, -0.2) is 28.0 Å². The van der Waals surface area contributed by atoms with Gasteiger partial charge < -0.3 is 9.88 Å². The van der Waals surface area contributed by atoms with E-state index in [2.05, 4.69) is 5.32 Å². The van der Waals surface area contributed by atoms with E-state index in [1.165, 1.54) is 12.8 Å². The minimum Gasteiger partial charge on any atom is -0.351 e. The van der Waals surface area contributed by atoms with Crippen LogP contribution in [0.1, 0.15) is 61.5 Å². The lowest BCUT2D eigenvalue weighted by molar-refractivity contribution is -0.127. The Kier molecular flexibility index (Phi) is 5.13. The zero-order chi connectivity index (χ0) is 21.6. The number of fused-ring (bicyclic) bond motifs is 3. The molecule has 31 heavy (non-hydrogen) atoms. The van der Waals surface area contributed by atoms with E-state index in [1.54, 1.807) is 16.2 Å². The van der Waals surface area contributed by atoms with E-state index in [0.29, 0.717) is 12.2 Å². The van der Waals surface area contributed by atoms with Crippen LogP contribution < -0.4 is 10.2 Å². The van der Waals surface area contributed by atoms with Crippen LogP contribution in [0.2, 0.25) is 0 Å². The molecule has 3 heterocycles. The van der Waals surface area contributed by atoms with Crippen molar-refractivity contribution >= 4 is 39.1 Å². The fourth-order valence-corrected chi connectivity index (χ4v) is 5.90. The summed E-state index contributed by atoms with van der Waals surface area (Å²) in [6, 6.07) is 12.1. The number of thiophene rings is 1. The van der Waals surface area contributed by atoms with Gasteiger partial charge in [-0.05, 0) is 56.3 Å². The lowest BCUT2D eigenvalue weighted by atomic mass is 9.92. The van der Waals surface area contributed by atoms with E-state index in [-0.39, 0.29) is 17.9 Å². The summed E-state index contributed by atoms with van der Waals surface area (Å²) in [6.45, 7) is 4.39. The Morgan fingerprint density at radius 3 is 2.52 bits per heavy atom. The number of hydrogen-bond acceptors (Lipinski definition) is 3. The molecule has 5 nitrogen and oxygen atoms in total. The number of anilines is 1. The van der Waals surface area contributed by atoms with Gasteiger partial charge in [0.25, 0.3) is 5.91 Å². The van der Waals surface area contributed by atoms with Gasteiger partial charge in [0, 0.05) is 11.7 Å². The van der Waals surface area contributed by atoms with Crippen molar-refractivity contribution < 1.29 is 9.59 Å². The van der Waals surface area contributed by atoms with Crippen molar-refractivity contribution in [3.8, 4) is 0 Å². The van der Waals surface area contributed by atoms with Gasteiger partial charge in [0.1, 0.15) is 11.2 Å². The molecule has 0 unspecified atom stereocenters. The molecule has 3 aromatic rings. The molecule has 162 valence electrons. The molecule has 1 N–H and O–H groups in total. The lowest BCUT2D eigenvalue weighted by Gasteiger charge is -2.44. The first-order valence-corrected chi connectivity index (χ1v) is 12.1. The molecule has 2 aromatic heterocycles. The van der Waals surface area contributed by atoms with Crippen LogP contribution in [-0.2, 0) is 11.3 Å². The lowest BCUT2D eigenvalue weighted by Crippen LogP contribution is -2.65. The van der Waals surface area contributed by atoms with Gasteiger partial charge in [0.2, 0.25) is 5.91 Å². The van der Waals surface area contributed by atoms with E-state index < -0.39 is 5.54 Å². The number of aromatic nitrogens is 1. The Labute approximate surface area is 187 Å². The van der Waals surface area contributed by atoms with Crippen molar-refractivity contribution in [2.24, 2.45) is 0 Å². The molecule has 2 aliphatic rings. The third kappa shape index (κ3) is 3.47. The van der Waals surface area contributed by atoms with Gasteiger partial charge in [-0.3, -0.25) is 14.5 Å². The quantitative estimate of drug-likeness (QED) is 0.570. The number of aryl methyl sites for hydroxylation is 1. The summed E-state index contributed by atoms with van der Waals surface area (Å²) in [6.07, 6.45) is 6.81. The summed E-state index contributed by atoms with van der Waals surface area (Å²) in [7, 11) is 0. The normalized spacial score (nSPS) is 22.4. The third-order valence-corrected chi connectivity index (χ3v) is 7.73. The smallest absolute Gasteiger partial charge is 0.275 e. The van der Waals surface area contributed by atoms with Crippen molar-refractivity contribution in [2.45, 2.75) is 70.5 Å². The number of carbonyl (C=O) groups excluding carboxylic acids is 2. The van der Waals surface area contributed by atoms with Crippen molar-refractivity contribution in [3.63, 3.8) is 0 Å².